The van der Waals surface area contributed by atoms with E-state index in [4.69, 9.17) is 16.9 Å². The highest BCUT2D eigenvalue weighted by Gasteiger charge is 2.24. The van der Waals surface area contributed by atoms with Gasteiger partial charge in [-0.1, -0.05) is 11.6 Å². The Morgan fingerprint density at radius 2 is 2.05 bits per heavy atom. The van der Waals surface area contributed by atoms with Gasteiger partial charge in [0.25, 0.3) is 11.8 Å². The first-order chi connectivity index (χ1) is 10.5. The standard InChI is InChI=1S/C15H17ClN4O2/c1-20(8-14(21)18-11-4-5-11)9-15(22)19-12-3-2-10(7-17)13(16)6-12/h2-3,6,11H,4-5,8-9H2,1H3,(H,18,21)(H,19,22)/p+1. The van der Waals surface area contributed by atoms with Crippen molar-refractivity contribution in [3.63, 3.8) is 0 Å². The number of anilines is 1. The fourth-order valence-electron chi connectivity index (χ4n) is 2.01. The van der Waals surface area contributed by atoms with Gasteiger partial charge in [-0.15, -0.1) is 0 Å². The number of carbonyl (C=O) groups is 2. The Balaban J connectivity index is 1.80. The lowest BCUT2D eigenvalue weighted by molar-refractivity contribution is -0.862. The molecule has 3 N–H and O–H groups in total. The summed E-state index contributed by atoms with van der Waals surface area (Å²) in [6.07, 6.45) is 2.09. The molecule has 1 fully saturated rings. The van der Waals surface area contributed by atoms with Crippen LogP contribution >= 0.6 is 11.6 Å². The Morgan fingerprint density at radius 3 is 2.64 bits per heavy atom. The fourth-order valence-corrected chi connectivity index (χ4v) is 2.23. The largest absolute Gasteiger partial charge is 0.348 e. The normalized spacial score (nSPS) is 14.8. The highest BCUT2D eigenvalue weighted by Crippen LogP contribution is 2.20. The molecule has 0 bridgehead atoms. The highest BCUT2D eigenvalue weighted by molar-refractivity contribution is 6.32. The van der Waals surface area contributed by atoms with E-state index in [1.807, 2.05) is 6.07 Å². The Labute approximate surface area is 134 Å². The zero-order valence-corrected chi connectivity index (χ0v) is 13.0. The third-order valence-electron chi connectivity index (χ3n) is 3.24. The topological polar surface area (TPSA) is 86.4 Å². The molecule has 22 heavy (non-hydrogen) atoms. The number of nitrogens with zero attached hydrogens (tertiary/aromatic N) is 1. The fraction of sp³-hybridized carbons (Fsp3) is 0.400. The minimum absolute atomic E-state index is 0.0331. The van der Waals surface area contributed by atoms with Crippen LogP contribution in [0.25, 0.3) is 0 Å². The maximum absolute atomic E-state index is 11.9. The summed E-state index contributed by atoms with van der Waals surface area (Å²) < 4.78 is 0. The Morgan fingerprint density at radius 1 is 1.36 bits per heavy atom. The molecule has 1 aromatic rings. The lowest BCUT2D eigenvalue weighted by Gasteiger charge is -2.13. The molecule has 116 valence electrons. The number of benzene rings is 1. The third kappa shape index (κ3) is 5.02. The van der Waals surface area contributed by atoms with Crippen LogP contribution in [0.15, 0.2) is 18.2 Å². The van der Waals surface area contributed by atoms with Crippen LogP contribution in [0.2, 0.25) is 5.02 Å². The van der Waals surface area contributed by atoms with Gasteiger partial charge in [0, 0.05) is 11.7 Å². The van der Waals surface area contributed by atoms with E-state index < -0.39 is 0 Å². The van der Waals surface area contributed by atoms with Crippen LogP contribution in [0.1, 0.15) is 18.4 Å². The van der Waals surface area contributed by atoms with E-state index >= 15 is 0 Å². The van der Waals surface area contributed by atoms with Crippen LogP contribution in [0.3, 0.4) is 0 Å². The second-order valence-electron chi connectivity index (χ2n) is 5.51. The minimum atomic E-state index is -0.211. The summed E-state index contributed by atoms with van der Waals surface area (Å²) in [5.74, 6) is -0.244. The summed E-state index contributed by atoms with van der Waals surface area (Å²) in [5, 5.41) is 14.7. The zero-order valence-electron chi connectivity index (χ0n) is 12.3. The van der Waals surface area contributed by atoms with Crippen molar-refractivity contribution in [2.75, 3.05) is 25.5 Å². The SMILES string of the molecule is C[NH+](CC(=O)Nc1ccc(C#N)c(Cl)c1)CC(=O)NC1CC1. The smallest absolute Gasteiger partial charge is 0.279 e. The van der Waals surface area contributed by atoms with Crippen LogP contribution in [0.4, 0.5) is 5.69 Å². The minimum Gasteiger partial charge on any atom is -0.348 e. The molecule has 1 unspecified atom stereocenters. The zero-order chi connectivity index (χ0) is 16.1. The summed E-state index contributed by atoms with van der Waals surface area (Å²) in [6, 6.07) is 7.00. The predicted molar refractivity (Wildman–Crippen MR) is 82.6 cm³/mol. The summed E-state index contributed by atoms with van der Waals surface area (Å²) >= 11 is 5.91. The van der Waals surface area contributed by atoms with Crippen molar-refractivity contribution in [3.05, 3.63) is 28.8 Å². The van der Waals surface area contributed by atoms with Gasteiger partial charge in [0.2, 0.25) is 0 Å². The van der Waals surface area contributed by atoms with Gasteiger partial charge in [-0.25, -0.2) is 0 Å². The molecular formula is C15H18ClN4O2+. The van der Waals surface area contributed by atoms with E-state index in [0.29, 0.717) is 22.3 Å². The lowest BCUT2D eigenvalue weighted by atomic mass is 10.2. The number of carbonyl (C=O) groups excluding carboxylic acids is 2. The number of hydrogen-bond donors (Lipinski definition) is 3. The molecule has 6 nitrogen and oxygen atoms in total. The molecule has 1 atom stereocenters. The number of halogens is 1. The van der Waals surface area contributed by atoms with Gasteiger partial charge in [0.15, 0.2) is 13.1 Å². The molecule has 1 aliphatic rings. The molecule has 2 rings (SSSR count). The van der Waals surface area contributed by atoms with Crippen molar-refractivity contribution in [2.45, 2.75) is 18.9 Å². The van der Waals surface area contributed by atoms with Crippen molar-refractivity contribution in [3.8, 4) is 6.07 Å². The van der Waals surface area contributed by atoms with Crippen LogP contribution in [-0.4, -0.2) is 38.0 Å². The lowest BCUT2D eigenvalue weighted by Crippen LogP contribution is -3.11. The number of hydrogen-bond acceptors (Lipinski definition) is 3. The second kappa shape index (κ2) is 7.25. The average Bonchev–Trinajstić information content (AvgIpc) is 3.22. The predicted octanol–water partition coefficient (Wildman–Crippen LogP) is -0.0565. The highest BCUT2D eigenvalue weighted by atomic mass is 35.5. The first-order valence-electron chi connectivity index (χ1n) is 7.08. The quantitative estimate of drug-likeness (QED) is 0.686. The summed E-state index contributed by atoms with van der Waals surface area (Å²) in [4.78, 5) is 24.4. The average molecular weight is 322 g/mol. The van der Waals surface area contributed by atoms with Crippen LogP contribution in [0, 0.1) is 11.3 Å². The molecule has 0 saturated heterocycles. The van der Waals surface area contributed by atoms with E-state index in [2.05, 4.69) is 10.6 Å². The van der Waals surface area contributed by atoms with Crippen molar-refractivity contribution in [1.29, 1.82) is 5.26 Å². The van der Waals surface area contributed by atoms with E-state index in [1.54, 1.807) is 19.2 Å². The number of nitriles is 1. The molecule has 7 heteroatoms. The molecule has 0 radical (unpaired) electrons. The maximum Gasteiger partial charge on any atom is 0.279 e. The summed E-state index contributed by atoms with van der Waals surface area (Å²) in [6.45, 7) is 0.438. The first-order valence-corrected chi connectivity index (χ1v) is 7.46. The number of nitrogens with one attached hydrogen (secondary N) is 3. The number of likely N-dealkylation sites (N-methyl/N-ethyl adjacent to an activating group) is 1. The number of amides is 2. The van der Waals surface area contributed by atoms with Crippen molar-refractivity contribution in [1.82, 2.24) is 5.32 Å². The van der Waals surface area contributed by atoms with E-state index in [-0.39, 0.29) is 24.9 Å². The first kappa shape index (κ1) is 16.3. The van der Waals surface area contributed by atoms with Gasteiger partial charge in [-0.2, -0.15) is 5.26 Å². The molecular weight excluding hydrogens is 304 g/mol. The summed E-state index contributed by atoms with van der Waals surface area (Å²) in [7, 11) is 1.79. The maximum atomic E-state index is 11.9. The molecule has 1 saturated carbocycles. The van der Waals surface area contributed by atoms with Gasteiger partial charge in [-0.3, -0.25) is 9.59 Å². The van der Waals surface area contributed by atoms with Gasteiger partial charge in [-0.05, 0) is 31.0 Å². The summed E-state index contributed by atoms with van der Waals surface area (Å²) in [5.41, 5.74) is 0.892. The third-order valence-corrected chi connectivity index (χ3v) is 3.55. The second-order valence-corrected chi connectivity index (χ2v) is 5.91. The molecule has 0 aliphatic heterocycles. The van der Waals surface area contributed by atoms with Gasteiger partial charge < -0.3 is 15.5 Å². The number of quaternary nitrogens is 1. The molecule has 0 spiro atoms. The number of rotatable bonds is 6. The van der Waals surface area contributed by atoms with Crippen LogP contribution in [0.5, 0.6) is 0 Å². The van der Waals surface area contributed by atoms with Crippen LogP contribution < -0.4 is 15.5 Å². The molecule has 1 aliphatic carbocycles. The van der Waals surface area contributed by atoms with E-state index in [1.165, 1.54) is 6.07 Å². The van der Waals surface area contributed by atoms with Gasteiger partial charge in [0.05, 0.1) is 17.6 Å². The van der Waals surface area contributed by atoms with E-state index in [0.717, 1.165) is 17.7 Å². The van der Waals surface area contributed by atoms with E-state index in [9.17, 15) is 9.59 Å². The van der Waals surface area contributed by atoms with Crippen molar-refractivity contribution in [2.24, 2.45) is 0 Å². The molecule has 2 amide bonds. The Bertz CT molecular complexity index is 622. The van der Waals surface area contributed by atoms with Crippen molar-refractivity contribution >= 4 is 29.1 Å². The van der Waals surface area contributed by atoms with Crippen LogP contribution in [-0.2, 0) is 9.59 Å². The Hall–Kier alpha value is -2.10. The molecule has 0 aromatic heterocycles. The van der Waals surface area contributed by atoms with Gasteiger partial charge in [0.1, 0.15) is 6.07 Å². The van der Waals surface area contributed by atoms with Gasteiger partial charge >= 0.3 is 0 Å². The van der Waals surface area contributed by atoms with Crippen molar-refractivity contribution < 1.29 is 14.5 Å². The monoisotopic (exact) mass is 321 g/mol. The molecule has 1 aromatic carbocycles. The molecule has 0 heterocycles. The Kier molecular flexibility index (Phi) is 5.36.